The number of anilines is 3. The summed E-state index contributed by atoms with van der Waals surface area (Å²) in [4.78, 5) is 6.46. The predicted octanol–water partition coefficient (Wildman–Crippen LogP) is 5.00. The molecule has 4 heteroatoms. The highest BCUT2D eigenvalue weighted by Crippen LogP contribution is 2.45. The molecule has 3 aromatic rings. The number of hydrogen-bond donors (Lipinski definition) is 1. The molecule has 2 aromatic carbocycles. The molecule has 0 radical (unpaired) electrons. The van der Waals surface area contributed by atoms with Crippen molar-refractivity contribution in [2.24, 2.45) is 0 Å². The van der Waals surface area contributed by atoms with Gasteiger partial charge in [-0.05, 0) is 29.8 Å². The molecule has 1 aromatic heterocycles. The first-order valence-corrected chi connectivity index (χ1v) is 7.52. The molecule has 1 unspecified atom stereocenters. The van der Waals surface area contributed by atoms with Gasteiger partial charge in [0, 0.05) is 0 Å². The van der Waals surface area contributed by atoms with Gasteiger partial charge in [-0.1, -0.05) is 54.1 Å². The minimum Gasteiger partial charge on any atom is -0.359 e. The summed E-state index contributed by atoms with van der Waals surface area (Å²) in [5.74, 6) is 0. The maximum absolute atomic E-state index is 5.93. The van der Waals surface area contributed by atoms with E-state index in [1.807, 2.05) is 36.5 Å². The molecule has 4 rings (SSSR count). The first-order valence-electron chi connectivity index (χ1n) is 7.14. The zero-order chi connectivity index (χ0) is 14.9. The number of hydrogen-bond acceptors (Lipinski definition) is 3. The summed E-state index contributed by atoms with van der Waals surface area (Å²) in [5.41, 5.74) is 4.47. The lowest BCUT2D eigenvalue weighted by atomic mass is 10.1. The number of rotatable bonds is 2. The third kappa shape index (κ3) is 2.20. The van der Waals surface area contributed by atoms with Gasteiger partial charge < -0.3 is 10.2 Å². The van der Waals surface area contributed by atoms with E-state index in [1.54, 1.807) is 0 Å². The maximum atomic E-state index is 5.93. The van der Waals surface area contributed by atoms with E-state index in [1.165, 1.54) is 5.56 Å². The Hall–Kier alpha value is -2.52. The Bertz CT molecular complexity index is 787. The summed E-state index contributed by atoms with van der Waals surface area (Å²) >= 11 is 5.93. The number of fused-ring (bicyclic) bond motifs is 1. The van der Waals surface area contributed by atoms with Crippen molar-refractivity contribution in [2.45, 2.75) is 6.17 Å². The van der Waals surface area contributed by atoms with E-state index < -0.39 is 0 Å². The van der Waals surface area contributed by atoms with Crippen molar-refractivity contribution in [2.75, 3.05) is 10.2 Å². The number of halogens is 1. The van der Waals surface area contributed by atoms with Crippen molar-refractivity contribution in [3.8, 4) is 0 Å². The zero-order valence-corrected chi connectivity index (χ0v) is 12.5. The number of nitrogens with one attached hydrogen (secondary N) is 1. The van der Waals surface area contributed by atoms with Gasteiger partial charge in [0.1, 0.15) is 11.3 Å². The number of pyridine rings is 1. The van der Waals surface area contributed by atoms with Crippen LogP contribution in [-0.2, 0) is 0 Å². The monoisotopic (exact) mass is 307 g/mol. The average molecular weight is 308 g/mol. The molecule has 0 saturated carbocycles. The number of benzene rings is 2. The maximum Gasteiger partial charge on any atom is 0.130 e. The van der Waals surface area contributed by atoms with Gasteiger partial charge in [-0.25, -0.2) is 4.98 Å². The Morgan fingerprint density at radius 2 is 1.68 bits per heavy atom. The Morgan fingerprint density at radius 3 is 2.45 bits per heavy atom. The molecule has 3 nitrogen and oxygen atoms in total. The molecule has 0 fully saturated rings. The molecule has 0 bridgehead atoms. The van der Waals surface area contributed by atoms with E-state index in [4.69, 9.17) is 11.6 Å². The molecule has 1 aliphatic rings. The van der Waals surface area contributed by atoms with Crippen LogP contribution in [-0.4, -0.2) is 4.98 Å². The number of aromatic nitrogens is 1. The third-order valence-corrected chi connectivity index (χ3v) is 4.04. The van der Waals surface area contributed by atoms with Crippen LogP contribution < -0.4 is 10.2 Å². The van der Waals surface area contributed by atoms with Gasteiger partial charge in [0.25, 0.3) is 0 Å². The normalized spacial score (nSPS) is 16.2. The van der Waals surface area contributed by atoms with Gasteiger partial charge in [-0.3, -0.25) is 0 Å². The van der Waals surface area contributed by atoms with Crippen molar-refractivity contribution < 1.29 is 0 Å². The molecule has 1 aliphatic heterocycles. The second kappa shape index (κ2) is 5.35. The van der Waals surface area contributed by atoms with Crippen LogP contribution in [0.15, 0.2) is 72.9 Å². The summed E-state index contributed by atoms with van der Waals surface area (Å²) in [6, 6.07) is 22.5. The van der Waals surface area contributed by atoms with Gasteiger partial charge in [0.2, 0.25) is 0 Å². The molecule has 0 amide bonds. The fraction of sp³-hybridized carbons (Fsp3) is 0.0556. The fourth-order valence-electron chi connectivity index (χ4n) is 2.82. The second-order valence-electron chi connectivity index (χ2n) is 5.18. The molecule has 0 spiro atoms. The lowest BCUT2D eigenvalue weighted by Gasteiger charge is -2.27. The van der Waals surface area contributed by atoms with Crippen LogP contribution in [0, 0.1) is 0 Å². The van der Waals surface area contributed by atoms with E-state index >= 15 is 0 Å². The highest BCUT2D eigenvalue weighted by atomic mass is 35.5. The molecular formula is C18H14ClN3. The lowest BCUT2D eigenvalue weighted by Crippen LogP contribution is -2.23. The van der Waals surface area contributed by atoms with E-state index in [9.17, 15) is 0 Å². The molecule has 1 N–H and O–H groups in total. The largest absolute Gasteiger partial charge is 0.359 e. The van der Waals surface area contributed by atoms with E-state index in [0.717, 1.165) is 17.1 Å². The second-order valence-corrected chi connectivity index (χ2v) is 5.57. The smallest absolute Gasteiger partial charge is 0.130 e. The standard InChI is InChI=1S/C18H14ClN3/c19-17-11-10-14(12-20-17)22-16-9-5-4-8-15(16)21-18(22)13-6-2-1-3-7-13/h1-12,18,21H. The van der Waals surface area contributed by atoms with Gasteiger partial charge >= 0.3 is 0 Å². The Balaban J connectivity index is 1.84. The minimum absolute atomic E-state index is 0.0431. The Labute approximate surface area is 134 Å². The van der Waals surface area contributed by atoms with Gasteiger partial charge in [-0.15, -0.1) is 0 Å². The third-order valence-electron chi connectivity index (χ3n) is 3.82. The van der Waals surface area contributed by atoms with Crippen LogP contribution in [0.1, 0.15) is 11.7 Å². The predicted molar refractivity (Wildman–Crippen MR) is 90.6 cm³/mol. The fourth-order valence-corrected chi connectivity index (χ4v) is 2.93. The highest BCUT2D eigenvalue weighted by molar-refractivity contribution is 6.29. The highest BCUT2D eigenvalue weighted by Gasteiger charge is 2.30. The zero-order valence-electron chi connectivity index (χ0n) is 11.8. The Kier molecular flexibility index (Phi) is 3.20. The van der Waals surface area contributed by atoms with Crippen LogP contribution in [0.3, 0.4) is 0 Å². The quantitative estimate of drug-likeness (QED) is 0.675. The summed E-state index contributed by atoms with van der Waals surface area (Å²) in [6.07, 6.45) is 1.85. The average Bonchev–Trinajstić information content (AvgIpc) is 2.96. The summed E-state index contributed by atoms with van der Waals surface area (Å²) in [7, 11) is 0. The first-order chi connectivity index (χ1) is 10.8. The molecular weight excluding hydrogens is 294 g/mol. The van der Waals surface area contributed by atoms with Gasteiger partial charge in [-0.2, -0.15) is 0 Å². The molecule has 2 heterocycles. The van der Waals surface area contributed by atoms with Crippen LogP contribution in [0.2, 0.25) is 5.15 Å². The van der Waals surface area contributed by atoms with Crippen LogP contribution in [0.4, 0.5) is 17.1 Å². The summed E-state index contributed by atoms with van der Waals surface area (Å²) in [5, 5.41) is 4.08. The SMILES string of the molecule is Clc1ccc(N2c3ccccc3NC2c2ccccc2)cn1. The van der Waals surface area contributed by atoms with Crippen LogP contribution in [0.5, 0.6) is 0 Å². The van der Waals surface area contributed by atoms with Crippen LogP contribution in [0.25, 0.3) is 0 Å². The number of nitrogens with zero attached hydrogens (tertiary/aromatic N) is 2. The van der Waals surface area contributed by atoms with Gasteiger partial charge in [0.05, 0.1) is 23.3 Å². The van der Waals surface area contributed by atoms with Crippen molar-refractivity contribution in [3.05, 3.63) is 83.6 Å². The van der Waals surface area contributed by atoms with Crippen molar-refractivity contribution >= 4 is 28.7 Å². The Morgan fingerprint density at radius 1 is 0.909 bits per heavy atom. The molecule has 0 aliphatic carbocycles. The van der Waals surface area contributed by atoms with Crippen molar-refractivity contribution in [1.82, 2.24) is 4.98 Å². The van der Waals surface area contributed by atoms with Gasteiger partial charge in [0.15, 0.2) is 0 Å². The summed E-state index contributed by atoms with van der Waals surface area (Å²) < 4.78 is 0. The van der Waals surface area contributed by atoms with Crippen molar-refractivity contribution in [1.29, 1.82) is 0 Å². The first kappa shape index (κ1) is 13.2. The van der Waals surface area contributed by atoms with E-state index in [-0.39, 0.29) is 6.17 Å². The van der Waals surface area contributed by atoms with Crippen LogP contribution >= 0.6 is 11.6 Å². The number of para-hydroxylation sites is 2. The topological polar surface area (TPSA) is 28.2 Å². The summed E-state index contributed by atoms with van der Waals surface area (Å²) in [6.45, 7) is 0. The molecule has 0 saturated heterocycles. The lowest BCUT2D eigenvalue weighted by molar-refractivity contribution is 0.826. The van der Waals surface area contributed by atoms with E-state index in [2.05, 4.69) is 51.6 Å². The molecule has 22 heavy (non-hydrogen) atoms. The van der Waals surface area contributed by atoms with Crippen molar-refractivity contribution in [3.63, 3.8) is 0 Å². The molecule has 108 valence electrons. The molecule has 1 atom stereocenters. The minimum atomic E-state index is 0.0431. The van der Waals surface area contributed by atoms with E-state index in [0.29, 0.717) is 5.15 Å².